The van der Waals surface area contributed by atoms with Crippen molar-refractivity contribution in [3.63, 3.8) is 0 Å². The zero-order valence-corrected chi connectivity index (χ0v) is 13.6. The number of rotatable bonds is 3. The average Bonchev–Trinajstić information content (AvgIpc) is 2.96. The minimum atomic E-state index is -0.270. The van der Waals surface area contributed by atoms with Crippen LogP contribution in [0, 0.1) is 17.2 Å². The molecule has 2 heterocycles. The van der Waals surface area contributed by atoms with E-state index >= 15 is 0 Å². The Morgan fingerprint density at radius 3 is 2.83 bits per heavy atom. The number of nitrogens with zero attached hydrogens (tertiary/aromatic N) is 2. The second-order valence-electron chi connectivity index (χ2n) is 6.69. The van der Waals surface area contributed by atoms with E-state index in [0.29, 0.717) is 17.2 Å². The van der Waals surface area contributed by atoms with Gasteiger partial charge in [-0.25, -0.2) is 0 Å². The number of nitriles is 1. The molecule has 24 heavy (non-hydrogen) atoms. The molecule has 0 aliphatic heterocycles. The molecule has 1 amide bonds. The monoisotopic (exact) mass is 318 g/mol. The van der Waals surface area contributed by atoms with Gasteiger partial charge < -0.3 is 14.9 Å². The van der Waals surface area contributed by atoms with Gasteiger partial charge >= 0.3 is 0 Å². The Hall–Kier alpha value is -3.00. The molecule has 2 aromatic heterocycles. The summed E-state index contributed by atoms with van der Waals surface area (Å²) in [6.45, 7) is 2.15. The third kappa shape index (κ3) is 2.19. The molecule has 1 saturated carbocycles. The summed E-state index contributed by atoms with van der Waals surface area (Å²) in [6.07, 6.45) is 5.01. The fourth-order valence-corrected chi connectivity index (χ4v) is 3.43. The summed E-state index contributed by atoms with van der Waals surface area (Å²) in [7, 11) is 1.98. The summed E-state index contributed by atoms with van der Waals surface area (Å²) in [4.78, 5) is 15.9. The third-order valence-electron chi connectivity index (χ3n) is 4.99. The molecule has 0 bridgehead atoms. The first-order valence-corrected chi connectivity index (χ1v) is 8.00. The summed E-state index contributed by atoms with van der Waals surface area (Å²) >= 11 is 0. The molecule has 5 heteroatoms. The van der Waals surface area contributed by atoms with Gasteiger partial charge in [0.15, 0.2) is 0 Å². The summed E-state index contributed by atoms with van der Waals surface area (Å²) < 4.78 is 2.00. The predicted octanol–water partition coefficient (Wildman–Crippen LogP) is 3.04. The van der Waals surface area contributed by atoms with Crippen LogP contribution in [0.2, 0.25) is 0 Å². The lowest BCUT2D eigenvalue weighted by atomic mass is 10.1. The Labute approximate surface area is 139 Å². The Morgan fingerprint density at radius 2 is 2.21 bits per heavy atom. The molecule has 1 aromatic carbocycles. The van der Waals surface area contributed by atoms with Gasteiger partial charge in [0.2, 0.25) is 0 Å². The fourth-order valence-electron chi connectivity index (χ4n) is 3.43. The second kappa shape index (κ2) is 5.00. The molecule has 4 rings (SSSR count). The van der Waals surface area contributed by atoms with Gasteiger partial charge in [-0.15, -0.1) is 0 Å². The maximum atomic E-state index is 12.7. The highest BCUT2D eigenvalue weighted by Crippen LogP contribution is 2.51. The molecule has 0 spiro atoms. The molecule has 0 radical (unpaired) electrons. The zero-order chi connectivity index (χ0) is 16.9. The van der Waals surface area contributed by atoms with Gasteiger partial charge in [0.25, 0.3) is 5.91 Å². The number of carbonyl (C=O) groups excluding carboxylic acids is 1. The SMILES string of the molecule is CC1CC1(NC(=O)c1cc2cc(C#N)ccc2[nH]1)c1ccn(C)c1. The number of amides is 1. The zero-order valence-electron chi connectivity index (χ0n) is 13.6. The predicted molar refractivity (Wildman–Crippen MR) is 91.4 cm³/mol. The normalized spacial score (nSPS) is 22.3. The lowest BCUT2D eigenvalue weighted by molar-refractivity contribution is 0.0923. The van der Waals surface area contributed by atoms with Crippen LogP contribution in [-0.4, -0.2) is 15.5 Å². The van der Waals surface area contributed by atoms with Crippen molar-refractivity contribution in [2.75, 3.05) is 0 Å². The molecular formula is C19H18N4O. The number of aromatic nitrogens is 2. The number of hydrogen-bond acceptors (Lipinski definition) is 2. The minimum Gasteiger partial charge on any atom is -0.357 e. The number of benzene rings is 1. The van der Waals surface area contributed by atoms with E-state index < -0.39 is 0 Å². The van der Waals surface area contributed by atoms with Gasteiger partial charge in [-0.1, -0.05) is 6.92 Å². The van der Waals surface area contributed by atoms with E-state index in [9.17, 15) is 4.79 Å². The molecule has 2 atom stereocenters. The van der Waals surface area contributed by atoms with E-state index in [2.05, 4.69) is 35.6 Å². The van der Waals surface area contributed by atoms with Crippen LogP contribution in [0.3, 0.4) is 0 Å². The highest BCUT2D eigenvalue weighted by Gasteiger charge is 2.54. The van der Waals surface area contributed by atoms with Crippen molar-refractivity contribution >= 4 is 16.8 Å². The van der Waals surface area contributed by atoms with Gasteiger partial charge in [0.05, 0.1) is 17.2 Å². The highest BCUT2D eigenvalue weighted by molar-refractivity contribution is 5.98. The molecule has 1 aliphatic rings. The Balaban J connectivity index is 1.63. The van der Waals surface area contributed by atoms with Crippen LogP contribution in [0.1, 0.15) is 35.0 Å². The fraction of sp³-hybridized carbons (Fsp3) is 0.263. The minimum absolute atomic E-state index is 0.113. The number of hydrogen-bond donors (Lipinski definition) is 2. The van der Waals surface area contributed by atoms with Crippen LogP contribution in [0.15, 0.2) is 42.7 Å². The lowest BCUT2D eigenvalue weighted by Gasteiger charge is -2.17. The Morgan fingerprint density at radius 1 is 1.42 bits per heavy atom. The van der Waals surface area contributed by atoms with E-state index in [1.165, 1.54) is 0 Å². The van der Waals surface area contributed by atoms with Gasteiger partial charge in [-0.2, -0.15) is 5.26 Å². The molecule has 2 N–H and O–H groups in total. The average molecular weight is 318 g/mol. The molecule has 0 saturated heterocycles. The number of carbonyl (C=O) groups is 1. The summed E-state index contributed by atoms with van der Waals surface area (Å²) in [6, 6.07) is 11.3. The topological polar surface area (TPSA) is 73.6 Å². The highest BCUT2D eigenvalue weighted by atomic mass is 16.2. The van der Waals surface area contributed by atoms with Crippen molar-refractivity contribution in [3.05, 3.63) is 59.5 Å². The van der Waals surface area contributed by atoms with E-state index in [0.717, 1.165) is 22.9 Å². The summed E-state index contributed by atoms with van der Waals surface area (Å²) in [5.74, 6) is 0.302. The maximum absolute atomic E-state index is 12.7. The van der Waals surface area contributed by atoms with Crippen molar-refractivity contribution in [1.29, 1.82) is 5.26 Å². The number of H-pyrrole nitrogens is 1. The van der Waals surface area contributed by atoms with Crippen LogP contribution in [-0.2, 0) is 12.6 Å². The second-order valence-corrected chi connectivity index (χ2v) is 6.69. The molecule has 5 nitrogen and oxygen atoms in total. The summed E-state index contributed by atoms with van der Waals surface area (Å²) in [5.41, 5.74) is 2.85. The van der Waals surface area contributed by atoms with Crippen LogP contribution in [0.25, 0.3) is 10.9 Å². The van der Waals surface area contributed by atoms with Gasteiger partial charge in [0.1, 0.15) is 5.69 Å². The molecule has 1 fully saturated rings. The van der Waals surface area contributed by atoms with Crippen LogP contribution in [0.4, 0.5) is 0 Å². The van der Waals surface area contributed by atoms with E-state index in [1.807, 2.05) is 23.9 Å². The summed E-state index contributed by atoms with van der Waals surface area (Å²) in [5, 5.41) is 13.1. The maximum Gasteiger partial charge on any atom is 0.268 e. The number of nitrogens with one attached hydrogen (secondary N) is 2. The largest absolute Gasteiger partial charge is 0.357 e. The quantitative estimate of drug-likeness (QED) is 0.779. The van der Waals surface area contributed by atoms with E-state index in [1.54, 1.807) is 18.2 Å². The van der Waals surface area contributed by atoms with Crippen molar-refractivity contribution in [2.45, 2.75) is 18.9 Å². The van der Waals surface area contributed by atoms with Crippen LogP contribution in [0.5, 0.6) is 0 Å². The number of aromatic amines is 1. The molecule has 3 aromatic rings. The van der Waals surface area contributed by atoms with Crippen molar-refractivity contribution < 1.29 is 4.79 Å². The smallest absolute Gasteiger partial charge is 0.268 e. The molecular weight excluding hydrogens is 300 g/mol. The first kappa shape index (κ1) is 14.6. The Bertz CT molecular complexity index is 990. The number of fused-ring (bicyclic) bond motifs is 1. The third-order valence-corrected chi connectivity index (χ3v) is 4.99. The van der Waals surface area contributed by atoms with Gasteiger partial charge in [-0.3, -0.25) is 4.79 Å². The van der Waals surface area contributed by atoms with Crippen molar-refractivity contribution in [1.82, 2.24) is 14.9 Å². The molecule has 1 aliphatic carbocycles. The molecule has 2 unspecified atom stereocenters. The molecule has 120 valence electrons. The van der Waals surface area contributed by atoms with Gasteiger partial charge in [-0.05, 0) is 48.2 Å². The van der Waals surface area contributed by atoms with Crippen molar-refractivity contribution in [2.24, 2.45) is 13.0 Å². The van der Waals surface area contributed by atoms with E-state index in [4.69, 9.17) is 5.26 Å². The van der Waals surface area contributed by atoms with E-state index in [-0.39, 0.29) is 11.4 Å². The standard InChI is InChI=1S/C19H18N4O/c1-12-9-19(12,15-5-6-23(2)11-15)22-18(24)17-8-14-7-13(10-20)3-4-16(14)21-17/h3-8,11-12,21H,9H2,1-2H3,(H,22,24). The van der Waals surface area contributed by atoms with Gasteiger partial charge in [0, 0.05) is 30.3 Å². The van der Waals surface area contributed by atoms with Crippen molar-refractivity contribution in [3.8, 4) is 6.07 Å². The Kier molecular flexibility index (Phi) is 3.04. The number of aryl methyl sites for hydroxylation is 1. The van der Waals surface area contributed by atoms with Crippen LogP contribution >= 0.6 is 0 Å². The first-order valence-electron chi connectivity index (χ1n) is 8.00. The lowest BCUT2D eigenvalue weighted by Crippen LogP contribution is -2.36. The first-order chi connectivity index (χ1) is 11.5. The van der Waals surface area contributed by atoms with Crippen LogP contribution < -0.4 is 5.32 Å².